The number of carbonyl (C=O) groups is 1. The van der Waals surface area contributed by atoms with Crippen molar-refractivity contribution in [3.8, 4) is 0 Å². The van der Waals surface area contributed by atoms with Crippen molar-refractivity contribution in [2.75, 3.05) is 7.05 Å². The molecule has 0 saturated carbocycles. The molecule has 0 aromatic carbocycles. The Morgan fingerprint density at radius 3 is 1.32 bits per heavy atom. The molecule has 0 aromatic rings. The van der Waals surface area contributed by atoms with Gasteiger partial charge in [-0.1, -0.05) is 55.4 Å². The van der Waals surface area contributed by atoms with E-state index in [4.69, 9.17) is 4.74 Å². The lowest BCUT2D eigenvalue weighted by Gasteiger charge is -2.57. The van der Waals surface area contributed by atoms with E-state index in [1.165, 1.54) is 0 Å². The average molecular weight is 356 g/mol. The standard InChI is InChI=1S/C22H45NO2/c1-17(2,3)16(24)23(15)20(9,10)22(13,14)25-21(11,12)19(7,8)18(4,5)6/h1-15H3. The second-order valence-electron chi connectivity index (χ2n) is 11.7. The molecule has 25 heavy (non-hydrogen) atoms. The van der Waals surface area contributed by atoms with Crippen molar-refractivity contribution >= 4 is 5.91 Å². The zero-order chi connectivity index (χ0) is 20.9. The minimum atomic E-state index is -0.519. The van der Waals surface area contributed by atoms with Crippen LogP contribution in [-0.2, 0) is 9.53 Å². The molecule has 0 rings (SSSR count). The van der Waals surface area contributed by atoms with Crippen LogP contribution in [-0.4, -0.2) is 34.6 Å². The SMILES string of the molecule is CN(C(=O)C(C)(C)C)C(C)(C)C(C)(C)OC(C)(C)C(C)(C)C(C)(C)C. The van der Waals surface area contributed by atoms with Crippen LogP contribution in [0.4, 0.5) is 0 Å². The van der Waals surface area contributed by atoms with Gasteiger partial charge in [0.2, 0.25) is 5.91 Å². The van der Waals surface area contributed by atoms with E-state index in [0.717, 1.165) is 0 Å². The molecule has 3 nitrogen and oxygen atoms in total. The third-order valence-corrected chi connectivity index (χ3v) is 7.15. The Balaban J connectivity index is 5.81. The van der Waals surface area contributed by atoms with Crippen molar-refractivity contribution in [2.24, 2.45) is 16.2 Å². The van der Waals surface area contributed by atoms with Gasteiger partial charge in [0.15, 0.2) is 0 Å². The third-order valence-electron chi connectivity index (χ3n) is 7.15. The Morgan fingerprint density at radius 2 is 1.04 bits per heavy atom. The molecule has 0 radical (unpaired) electrons. The summed E-state index contributed by atoms with van der Waals surface area (Å²) < 4.78 is 6.77. The fourth-order valence-corrected chi connectivity index (χ4v) is 2.95. The van der Waals surface area contributed by atoms with Gasteiger partial charge in [0.1, 0.15) is 0 Å². The predicted molar refractivity (Wildman–Crippen MR) is 109 cm³/mol. The molecule has 0 fully saturated rings. The molecule has 0 saturated heterocycles. The molecule has 0 bridgehead atoms. The van der Waals surface area contributed by atoms with Crippen molar-refractivity contribution < 1.29 is 9.53 Å². The topological polar surface area (TPSA) is 29.5 Å². The fraction of sp³-hybridized carbons (Fsp3) is 0.955. The molecule has 0 aliphatic heterocycles. The highest BCUT2D eigenvalue weighted by Crippen LogP contribution is 2.50. The average Bonchev–Trinajstić information content (AvgIpc) is 2.32. The number of ether oxygens (including phenoxy) is 1. The fourth-order valence-electron chi connectivity index (χ4n) is 2.95. The lowest BCUT2D eigenvalue weighted by molar-refractivity contribution is -0.234. The number of carbonyl (C=O) groups excluding carboxylic acids is 1. The van der Waals surface area contributed by atoms with Gasteiger partial charge in [0.25, 0.3) is 0 Å². The maximum atomic E-state index is 12.9. The molecule has 0 aliphatic carbocycles. The van der Waals surface area contributed by atoms with Gasteiger partial charge in [-0.05, 0) is 52.4 Å². The molecule has 0 unspecified atom stereocenters. The van der Waals surface area contributed by atoms with E-state index < -0.39 is 16.6 Å². The van der Waals surface area contributed by atoms with Crippen LogP contribution in [0.3, 0.4) is 0 Å². The maximum absolute atomic E-state index is 12.9. The summed E-state index contributed by atoms with van der Waals surface area (Å²) in [5.41, 5.74) is -1.72. The monoisotopic (exact) mass is 355 g/mol. The molecular weight excluding hydrogens is 310 g/mol. The summed E-state index contributed by atoms with van der Waals surface area (Å²) in [5.74, 6) is 0.127. The van der Waals surface area contributed by atoms with Crippen molar-refractivity contribution in [3.05, 3.63) is 0 Å². The molecule has 3 heteroatoms. The zero-order valence-electron chi connectivity index (χ0n) is 19.8. The highest BCUT2D eigenvalue weighted by Gasteiger charge is 2.53. The van der Waals surface area contributed by atoms with Crippen molar-refractivity contribution in [1.29, 1.82) is 0 Å². The van der Waals surface area contributed by atoms with E-state index in [9.17, 15) is 4.79 Å². The normalized spacial score (nSPS) is 15.3. The molecule has 1 amide bonds. The number of hydrogen-bond donors (Lipinski definition) is 0. The number of rotatable bonds is 5. The molecule has 0 N–H and O–H groups in total. The quantitative estimate of drug-likeness (QED) is 0.613. The number of hydrogen-bond acceptors (Lipinski definition) is 2. The molecule has 0 heterocycles. The number of likely N-dealkylation sites (N-methyl/N-ethyl adjacent to an activating group) is 1. The van der Waals surface area contributed by atoms with Gasteiger partial charge in [0, 0.05) is 12.5 Å². The minimum Gasteiger partial charge on any atom is -0.367 e. The van der Waals surface area contributed by atoms with Gasteiger partial charge in [0.05, 0.1) is 16.7 Å². The molecule has 0 aliphatic rings. The second-order valence-corrected chi connectivity index (χ2v) is 11.7. The van der Waals surface area contributed by atoms with Crippen LogP contribution in [0.5, 0.6) is 0 Å². The first-order chi connectivity index (χ1) is 10.5. The van der Waals surface area contributed by atoms with Crippen LogP contribution in [0.15, 0.2) is 0 Å². The van der Waals surface area contributed by atoms with Gasteiger partial charge in [-0.25, -0.2) is 0 Å². The highest BCUT2D eigenvalue weighted by molar-refractivity contribution is 5.82. The summed E-state index contributed by atoms with van der Waals surface area (Å²) in [6.07, 6.45) is 0. The first kappa shape index (κ1) is 24.4. The zero-order valence-corrected chi connectivity index (χ0v) is 19.8. The van der Waals surface area contributed by atoms with E-state index in [0.29, 0.717) is 0 Å². The van der Waals surface area contributed by atoms with Gasteiger partial charge in [-0.3, -0.25) is 4.79 Å². The Bertz CT molecular complexity index is 485. The lowest BCUT2D eigenvalue weighted by atomic mass is 9.60. The predicted octanol–water partition coefficient (Wildman–Crippen LogP) is 5.92. The summed E-state index contributed by atoms with van der Waals surface area (Å²) in [6.45, 7) is 29.9. The van der Waals surface area contributed by atoms with E-state index in [-0.39, 0.29) is 22.3 Å². The molecule has 0 spiro atoms. The van der Waals surface area contributed by atoms with Crippen LogP contribution >= 0.6 is 0 Å². The minimum absolute atomic E-state index is 0.0556. The molecule has 0 atom stereocenters. The summed E-state index contributed by atoms with van der Waals surface area (Å²) in [7, 11) is 1.89. The summed E-state index contributed by atoms with van der Waals surface area (Å²) in [4.78, 5) is 14.7. The van der Waals surface area contributed by atoms with E-state index in [2.05, 4.69) is 76.2 Å². The molecule has 0 aromatic heterocycles. The Hall–Kier alpha value is -0.570. The Morgan fingerprint density at radius 1 is 0.680 bits per heavy atom. The third kappa shape index (κ3) is 4.59. The van der Waals surface area contributed by atoms with Crippen LogP contribution in [0, 0.1) is 16.2 Å². The maximum Gasteiger partial charge on any atom is 0.228 e. The van der Waals surface area contributed by atoms with Crippen LogP contribution in [0.25, 0.3) is 0 Å². The lowest BCUT2D eigenvalue weighted by Crippen LogP contribution is -2.64. The summed E-state index contributed by atoms with van der Waals surface area (Å²) in [6, 6.07) is 0. The van der Waals surface area contributed by atoms with E-state index in [1.54, 1.807) is 0 Å². The first-order valence-corrected chi connectivity index (χ1v) is 9.51. The number of nitrogens with zero attached hydrogens (tertiary/aromatic N) is 1. The van der Waals surface area contributed by atoms with Gasteiger partial charge in [-0.15, -0.1) is 0 Å². The highest BCUT2D eigenvalue weighted by atomic mass is 16.5. The van der Waals surface area contributed by atoms with Crippen molar-refractivity contribution in [2.45, 2.75) is 114 Å². The second kappa shape index (κ2) is 6.55. The van der Waals surface area contributed by atoms with Crippen molar-refractivity contribution in [1.82, 2.24) is 4.90 Å². The number of amides is 1. The molecular formula is C22H45NO2. The Labute approximate surface area is 157 Å². The van der Waals surface area contributed by atoms with E-state index in [1.807, 2.05) is 32.7 Å². The van der Waals surface area contributed by atoms with Crippen molar-refractivity contribution in [3.63, 3.8) is 0 Å². The largest absolute Gasteiger partial charge is 0.367 e. The van der Waals surface area contributed by atoms with Crippen LogP contribution < -0.4 is 0 Å². The van der Waals surface area contributed by atoms with E-state index >= 15 is 0 Å². The first-order valence-electron chi connectivity index (χ1n) is 9.51. The van der Waals surface area contributed by atoms with Gasteiger partial charge >= 0.3 is 0 Å². The smallest absolute Gasteiger partial charge is 0.228 e. The van der Waals surface area contributed by atoms with Crippen LogP contribution in [0.1, 0.15) is 96.9 Å². The molecule has 150 valence electrons. The van der Waals surface area contributed by atoms with Gasteiger partial charge < -0.3 is 9.64 Å². The Kier molecular flexibility index (Phi) is 6.40. The van der Waals surface area contributed by atoms with Gasteiger partial charge in [-0.2, -0.15) is 0 Å². The summed E-state index contributed by atoms with van der Waals surface area (Å²) in [5, 5.41) is 0. The summed E-state index contributed by atoms with van der Waals surface area (Å²) >= 11 is 0. The van der Waals surface area contributed by atoms with Crippen LogP contribution in [0.2, 0.25) is 0 Å².